The number of rotatable bonds is 4. The molecular formula is C15H12ClN3O2S2. The number of ether oxygens (including phenoxy) is 2. The van der Waals surface area contributed by atoms with Crippen LogP contribution in [0.15, 0.2) is 34.8 Å². The van der Waals surface area contributed by atoms with Gasteiger partial charge in [0, 0.05) is 12.8 Å². The van der Waals surface area contributed by atoms with Crippen LogP contribution in [0.5, 0.6) is 11.5 Å². The second-order valence-electron chi connectivity index (χ2n) is 4.94. The van der Waals surface area contributed by atoms with Crippen LogP contribution in [-0.2, 0) is 12.8 Å². The second-order valence-corrected chi connectivity index (χ2v) is 7.24. The number of aromatic nitrogens is 3. The smallest absolute Gasteiger partial charge is 0.231 e. The Hall–Kier alpha value is -1.70. The summed E-state index contributed by atoms with van der Waals surface area (Å²) in [5.41, 5.74) is 1.06. The number of benzene rings is 1. The molecule has 118 valence electrons. The van der Waals surface area contributed by atoms with Crippen LogP contribution in [0.2, 0.25) is 5.02 Å². The summed E-state index contributed by atoms with van der Waals surface area (Å²) < 4.78 is 12.7. The van der Waals surface area contributed by atoms with Crippen LogP contribution >= 0.6 is 34.7 Å². The molecule has 0 N–H and O–H groups in total. The van der Waals surface area contributed by atoms with Gasteiger partial charge in [-0.25, -0.2) is 0 Å². The molecule has 0 aliphatic carbocycles. The van der Waals surface area contributed by atoms with Gasteiger partial charge in [-0.05, 0) is 29.1 Å². The van der Waals surface area contributed by atoms with Crippen molar-refractivity contribution < 1.29 is 9.47 Å². The van der Waals surface area contributed by atoms with Crippen molar-refractivity contribution in [1.29, 1.82) is 0 Å². The lowest BCUT2D eigenvalue weighted by atomic mass is 10.2. The van der Waals surface area contributed by atoms with E-state index < -0.39 is 0 Å². The largest absolute Gasteiger partial charge is 0.454 e. The van der Waals surface area contributed by atoms with Crippen LogP contribution in [0, 0.1) is 0 Å². The lowest BCUT2D eigenvalue weighted by molar-refractivity contribution is 0.174. The first kappa shape index (κ1) is 14.9. The summed E-state index contributed by atoms with van der Waals surface area (Å²) in [6.07, 6.45) is 0. The van der Waals surface area contributed by atoms with Crippen LogP contribution in [0.4, 0.5) is 0 Å². The predicted molar refractivity (Wildman–Crippen MR) is 91.5 cm³/mol. The maximum atomic E-state index is 6.21. The highest BCUT2D eigenvalue weighted by Gasteiger charge is 2.19. The number of halogens is 1. The average molecular weight is 366 g/mol. The van der Waals surface area contributed by atoms with E-state index in [1.807, 2.05) is 41.3 Å². The van der Waals surface area contributed by atoms with E-state index in [2.05, 4.69) is 10.2 Å². The van der Waals surface area contributed by atoms with Gasteiger partial charge in [0.1, 0.15) is 0 Å². The van der Waals surface area contributed by atoms with E-state index in [0.717, 1.165) is 27.2 Å². The van der Waals surface area contributed by atoms with Gasteiger partial charge in [-0.2, -0.15) is 0 Å². The molecule has 0 saturated heterocycles. The highest BCUT2D eigenvalue weighted by molar-refractivity contribution is 7.98. The Morgan fingerprint density at radius 3 is 3.09 bits per heavy atom. The number of hydrogen-bond acceptors (Lipinski definition) is 6. The van der Waals surface area contributed by atoms with Crippen molar-refractivity contribution in [2.45, 2.75) is 10.9 Å². The molecule has 0 unspecified atom stereocenters. The molecule has 0 amide bonds. The molecule has 0 bridgehead atoms. The highest BCUT2D eigenvalue weighted by atomic mass is 35.5. The van der Waals surface area contributed by atoms with Gasteiger partial charge in [-0.15, -0.1) is 21.5 Å². The molecule has 8 heteroatoms. The van der Waals surface area contributed by atoms with E-state index >= 15 is 0 Å². The van der Waals surface area contributed by atoms with E-state index in [1.54, 1.807) is 23.1 Å². The average Bonchev–Trinajstić information content (AvgIpc) is 3.25. The fraction of sp³-hybridized carbons (Fsp3) is 0.200. The molecule has 1 aliphatic heterocycles. The lowest BCUT2D eigenvalue weighted by Gasteiger charge is -2.05. The fourth-order valence-corrected chi connectivity index (χ4v) is 4.19. The standard InChI is InChI=1S/C15H12ClN3O2S2/c1-19-14(12-3-2-4-22-12)17-18-15(19)23-7-9-5-10(16)13-11(6-9)20-8-21-13/h2-6H,7-8H2,1H3. The summed E-state index contributed by atoms with van der Waals surface area (Å²) in [7, 11) is 1.98. The summed E-state index contributed by atoms with van der Waals surface area (Å²) in [4.78, 5) is 1.11. The van der Waals surface area contributed by atoms with Gasteiger partial charge in [0.25, 0.3) is 0 Å². The molecule has 2 aromatic heterocycles. The molecule has 1 aromatic carbocycles. The molecule has 0 spiro atoms. The quantitative estimate of drug-likeness (QED) is 0.648. The van der Waals surface area contributed by atoms with Crippen LogP contribution in [0.3, 0.4) is 0 Å². The number of thioether (sulfide) groups is 1. The van der Waals surface area contributed by atoms with E-state index in [0.29, 0.717) is 16.5 Å². The zero-order chi connectivity index (χ0) is 15.8. The van der Waals surface area contributed by atoms with E-state index in [4.69, 9.17) is 21.1 Å². The maximum Gasteiger partial charge on any atom is 0.231 e. The first-order valence-corrected chi connectivity index (χ1v) is 9.11. The number of nitrogens with zero attached hydrogens (tertiary/aromatic N) is 3. The summed E-state index contributed by atoms with van der Waals surface area (Å²) in [6, 6.07) is 7.91. The third-order valence-corrected chi connectivity index (χ3v) is 5.67. The van der Waals surface area contributed by atoms with Gasteiger partial charge in [0.2, 0.25) is 6.79 Å². The molecular weight excluding hydrogens is 354 g/mol. The Labute approximate surface area is 146 Å². The van der Waals surface area contributed by atoms with Gasteiger partial charge in [0.05, 0.1) is 9.90 Å². The van der Waals surface area contributed by atoms with Crippen molar-refractivity contribution in [1.82, 2.24) is 14.8 Å². The number of hydrogen-bond donors (Lipinski definition) is 0. The topological polar surface area (TPSA) is 49.2 Å². The van der Waals surface area contributed by atoms with Crippen LogP contribution < -0.4 is 9.47 Å². The fourth-order valence-electron chi connectivity index (χ4n) is 2.31. The van der Waals surface area contributed by atoms with Gasteiger partial charge in [-0.3, -0.25) is 0 Å². The van der Waals surface area contributed by atoms with E-state index in [-0.39, 0.29) is 6.79 Å². The van der Waals surface area contributed by atoms with Crippen LogP contribution in [0.25, 0.3) is 10.7 Å². The molecule has 0 fully saturated rings. The molecule has 5 nitrogen and oxygen atoms in total. The minimum absolute atomic E-state index is 0.221. The highest BCUT2D eigenvalue weighted by Crippen LogP contribution is 2.41. The van der Waals surface area contributed by atoms with Gasteiger partial charge in [-0.1, -0.05) is 29.4 Å². The molecule has 0 saturated carbocycles. The summed E-state index contributed by atoms with van der Waals surface area (Å²) in [5.74, 6) is 2.93. The van der Waals surface area contributed by atoms with E-state index in [9.17, 15) is 0 Å². The number of fused-ring (bicyclic) bond motifs is 1. The minimum atomic E-state index is 0.221. The van der Waals surface area contributed by atoms with Gasteiger partial charge in [0.15, 0.2) is 22.5 Å². The molecule has 0 radical (unpaired) electrons. The molecule has 1 aliphatic rings. The summed E-state index contributed by atoms with van der Waals surface area (Å²) in [5, 5.41) is 12.0. The van der Waals surface area contributed by atoms with Gasteiger partial charge >= 0.3 is 0 Å². The van der Waals surface area contributed by atoms with Crippen molar-refractivity contribution in [2.75, 3.05) is 6.79 Å². The first-order chi connectivity index (χ1) is 11.2. The van der Waals surface area contributed by atoms with Crippen LogP contribution in [-0.4, -0.2) is 21.6 Å². The Balaban J connectivity index is 1.53. The Kier molecular flexibility index (Phi) is 3.92. The monoisotopic (exact) mass is 365 g/mol. The summed E-state index contributed by atoms with van der Waals surface area (Å²) >= 11 is 9.48. The minimum Gasteiger partial charge on any atom is -0.454 e. The van der Waals surface area contributed by atoms with Gasteiger partial charge < -0.3 is 14.0 Å². The Morgan fingerprint density at radius 1 is 1.35 bits per heavy atom. The maximum absolute atomic E-state index is 6.21. The predicted octanol–water partition coefficient (Wildman–Crippen LogP) is 4.22. The van der Waals surface area contributed by atoms with Crippen molar-refractivity contribution in [3.63, 3.8) is 0 Å². The second kappa shape index (κ2) is 6.07. The van der Waals surface area contributed by atoms with Crippen molar-refractivity contribution in [3.05, 3.63) is 40.2 Å². The number of thiophene rings is 1. The zero-order valence-electron chi connectivity index (χ0n) is 12.2. The Bertz CT molecular complexity index is 849. The molecule has 23 heavy (non-hydrogen) atoms. The van der Waals surface area contributed by atoms with Crippen molar-refractivity contribution in [2.24, 2.45) is 7.05 Å². The third kappa shape index (κ3) is 2.80. The van der Waals surface area contributed by atoms with E-state index in [1.165, 1.54) is 0 Å². The van der Waals surface area contributed by atoms with Crippen molar-refractivity contribution in [3.8, 4) is 22.2 Å². The molecule has 4 rings (SSSR count). The zero-order valence-corrected chi connectivity index (χ0v) is 14.5. The normalized spacial score (nSPS) is 12.8. The Morgan fingerprint density at radius 2 is 2.26 bits per heavy atom. The molecule has 0 atom stereocenters. The third-order valence-electron chi connectivity index (χ3n) is 3.43. The van der Waals surface area contributed by atoms with Crippen LogP contribution in [0.1, 0.15) is 5.56 Å². The SMILES string of the molecule is Cn1c(SCc2cc(Cl)c3c(c2)OCO3)nnc1-c1cccs1. The van der Waals surface area contributed by atoms with Crippen molar-refractivity contribution >= 4 is 34.7 Å². The molecule has 3 heterocycles. The first-order valence-electron chi connectivity index (χ1n) is 6.86. The molecule has 3 aromatic rings. The summed E-state index contributed by atoms with van der Waals surface area (Å²) in [6.45, 7) is 0.221. The lowest BCUT2D eigenvalue weighted by Crippen LogP contribution is -1.94.